The first-order valence-electron chi connectivity index (χ1n) is 3.97. The van der Waals surface area contributed by atoms with Gasteiger partial charge in [0.15, 0.2) is 0 Å². The van der Waals surface area contributed by atoms with E-state index in [4.69, 9.17) is 0 Å². The number of nitrogens with one attached hydrogen (secondary N) is 1. The Kier molecular flexibility index (Phi) is 2.86. The molecular formula is C10H12NO. The summed E-state index contributed by atoms with van der Waals surface area (Å²) in [5.74, 6) is 0.0652. The predicted molar refractivity (Wildman–Crippen MR) is 48.7 cm³/mol. The Balaban J connectivity index is 2.59. The van der Waals surface area contributed by atoms with Gasteiger partial charge in [0.05, 0.1) is 0 Å². The first-order valence-corrected chi connectivity index (χ1v) is 3.97. The number of anilines is 1. The second-order valence-corrected chi connectivity index (χ2v) is 2.93. The van der Waals surface area contributed by atoms with Crippen molar-refractivity contribution in [2.45, 2.75) is 13.8 Å². The first kappa shape index (κ1) is 8.78. The Morgan fingerprint density at radius 2 is 2.00 bits per heavy atom. The Bertz CT molecular complexity index is 254. The monoisotopic (exact) mass is 162 g/mol. The third-order valence-electron chi connectivity index (χ3n) is 1.51. The van der Waals surface area contributed by atoms with Gasteiger partial charge in [-0.3, -0.25) is 4.79 Å². The zero-order valence-electron chi connectivity index (χ0n) is 7.29. The number of hydrogen-bond acceptors (Lipinski definition) is 1. The highest BCUT2D eigenvalue weighted by atomic mass is 16.1. The summed E-state index contributed by atoms with van der Waals surface area (Å²) in [7, 11) is 0. The van der Waals surface area contributed by atoms with E-state index < -0.39 is 0 Å². The van der Waals surface area contributed by atoms with E-state index in [9.17, 15) is 4.79 Å². The molecule has 1 N–H and O–H groups in total. The molecule has 1 aromatic carbocycles. The second-order valence-electron chi connectivity index (χ2n) is 2.93. The van der Waals surface area contributed by atoms with E-state index in [-0.39, 0.29) is 11.8 Å². The molecule has 0 aliphatic rings. The zero-order chi connectivity index (χ0) is 8.97. The van der Waals surface area contributed by atoms with Crippen molar-refractivity contribution in [2.24, 2.45) is 5.92 Å². The summed E-state index contributed by atoms with van der Waals surface area (Å²) < 4.78 is 0. The predicted octanol–water partition coefficient (Wildman–Crippen LogP) is 2.08. The molecule has 0 unspecified atom stereocenters. The van der Waals surface area contributed by atoms with Crippen LogP contribution in [0.4, 0.5) is 5.69 Å². The largest absolute Gasteiger partial charge is 0.326 e. The number of carbonyl (C=O) groups is 1. The second kappa shape index (κ2) is 3.90. The fraction of sp³-hybridized carbons (Fsp3) is 0.300. The summed E-state index contributed by atoms with van der Waals surface area (Å²) in [6.45, 7) is 3.73. The first-order chi connectivity index (χ1) is 5.70. The fourth-order valence-electron chi connectivity index (χ4n) is 0.757. The zero-order valence-corrected chi connectivity index (χ0v) is 7.29. The van der Waals surface area contributed by atoms with Gasteiger partial charge in [-0.1, -0.05) is 26.0 Å². The average molecular weight is 162 g/mol. The average Bonchev–Trinajstić information content (AvgIpc) is 2.06. The molecular weight excluding hydrogens is 150 g/mol. The Labute approximate surface area is 72.6 Å². The molecule has 0 atom stereocenters. The molecule has 0 heterocycles. The van der Waals surface area contributed by atoms with Gasteiger partial charge < -0.3 is 5.32 Å². The highest BCUT2D eigenvalue weighted by Crippen LogP contribution is 2.06. The van der Waals surface area contributed by atoms with Crippen molar-refractivity contribution in [1.29, 1.82) is 0 Å². The fourth-order valence-corrected chi connectivity index (χ4v) is 0.757. The molecule has 0 bridgehead atoms. The standard InChI is InChI=1S/C10H12NO/c1-8(2)10(12)11-9-6-4-3-5-7-9/h4-8H,1-2H3,(H,11,12). The van der Waals surface area contributed by atoms with Crippen LogP contribution in [0.25, 0.3) is 0 Å². The summed E-state index contributed by atoms with van der Waals surface area (Å²) in [5.41, 5.74) is 0.826. The van der Waals surface area contributed by atoms with Crippen LogP contribution in [0.2, 0.25) is 0 Å². The number of rotatable bonds is 2. The molecule has 0 saturated carbocycles. The maximum Gasteiger partial charge on any atom is 0.226 e. The molecule has 1 aromatic rings. The summed E-state index contributed by atoms with van der Waals surface area (Å²) in [4.78, 5) is 11.2. The van der Waals surface area contributed by atoms with Gasteiger partial charge in [-0.2, -0.15) is 0 Å². The third kappa shape index (κ3) is 2.38. The minimum Gasteiger partial charge on any atom is -0.326 e. The molecule has 2 nitrogen and oxygen atoms in total. The van der Waals surface area contributed by atoms with Crippen LogP contribution in [0.1, 0.15) is 13.8 Å². The minimum atomic E-state index is 0.0224. The number of amides is 1. The third-order valence-corrected chi connectivity index (χ3v) is 1.51. The number of benzene rings is 1. The van der Waals surface area contributed by atoms with Crippen LogP contribution in [-0.4, -0.2) is 5.91 Å². The molecule has 0 aliphatic heterocycles. The molecule has 2 heteroatoms. The summed E-state index contributed by atoms with van der Waals surface area (Å²) >= 11 is 0. The van der Waals surface area contributed by atoms with Gasteiger partial charge in [-0.25, -0.2) is 0 Å². The van der Waals surface area contributed by atoms with E-state index in [1.54, 1.807) is 12.1 Å². The molecule has 0 spiro atoms. The van der Waals surface area contributed by atoms with Crippen molar-refractivity contribution in [3.8, 4) is 0 Å². The molecule has 0 aliphatic carbocycles. The van der Waals surface area contributed by atoms with Crippen molar-refractivity contribution < 1.29 is 4.79 Å². The van der Waals surface area contributed by atoms with Crippen LogP contribution >= 0.6 is 0 Å². The van der Waals surface area contributed by atoms with Crippen LogP contribution in [0.15, 0.2) is 24.3 Å². The Hall–Kier alpha value is -1.31. The summed E-state index contributed by atoms with van der Waals surface area (Å²) in [6.07, 6.45) is 0. The maximum atomic E-state index is 11.2. The van der Waals surface area contributed by atoms with E-state index in [0.717, 1.165) is 5.69 Å². The van der Waals surface area contributed by atoms with Crippen LogP contribution in [-0.2, 0) is 4.79 Å². The minimum absolute atomic E-state index is 0.0224. The van der Waals surface area contributed by atoms with Crippen LogP contribution in [0, 0.1) is 12.0 Å². The highest BCUT2D eigenvalue weighted by molar-refractivity contribution is 5.91. The van der Waals surface area contributed by atoms with E-state index in [0.29, 0.717) is 0 Å². The van der Waals surface area contributed by atoms with Crippen LogP contribution in [0.3, 0.4) is 0 Å². The molecule has 12 heavy (non-hydrogen) atoms. The van der Waals surface area contributed by atoms with Crippen LogP contribution < -0.4 is 5.32 Å². The maximum absolute atomic E-state index is 11.2. The lowest BCUT2D eigenvalue weighted by Gasteiger charge is -2.06. The quantitative estimate of drug-likeness (QED) is 0.708. The van der Waals surface area contributed by atoms with Crippen molar-refractivity contribution in [1.82, 2.24) is 0 Å². The summed E-state index contributed by atoms with van der Waals surface area (Å²) in [5, 5.41) is 2.78. The normalized spacial score (nSPS) is 9.92. The lowest BCUT2D eigenvalue weighted by molar-refractivity contribution is -0.118. The van der Waals surface area contributed by atoms with E-state index in [1.165, 1.54) is 0 Å². The highest BCUT2D eigenvalue weighted by Gasteiger charge is 2.05. The number of hydrogen-bond donors (Lipinski definition) is 1. The summed E-state index contributed by atoms with van der Waals surface area (Å²) in [6, 6.07) is 10.1. The number of carbonyl (C=O) groups excluding carboxylic acids is 1. The molecule has 0 saturated heterocycles. The van der Waals surface area contributed by atoms with E-state index in [2.05, 4.69) is 11.4 Å². The van der Waals surface area contributed by atoms with Gasteiger partial charge in [-0.05, 0) is 18.2 Å². The Morgan fingerprint density at radius 1 is 1.42 bits per heavy atom. The van der Waals surface area contributed by atoms with Crippen molar-refractivity contribution >= 4 is 11.6 Å². The molecule has 0 aromatic heterocycles. The SMILES string of the molecule is CC(C)C(=O)Nc1cc[c]cc1. The van der Waals surface area contributed by atoms with E-state index in [1.807, 2.05) is 26.0 Å². The van der Waals surface area contributed by atoms with Crippen LogP contribution in [0.5, 0.6) is 0 Å². The Morgan fingerprint density at radius 3 is 2.50 bits per heavy atom. The van der Waals surface area contributed by atoms with Crippen molar-refractivity contribution in [2.75, 3.05) is 5.32 Å². The molecule has 1 rings (SSSR count). The van der Waals surface area contributed by atoms with Gasteiger partial charge in [0.1, 0.15) is 0 Å². The lowest BCUT2D eigenvalue weighted by atomic mass is 10.2. The lowest BCUT2D eigenvalue weighted by Crippen LogP contribution is -2.17. The van der Waals surface area contributed by atoms with Crippen molar-refractivity contribution in [3.63, 3.8) is 0 Å². The van der Waals surface area contributed by atoms with Gasteiger partial charge in [-0.15, -0.1) is 0 Å². The van der Waals surface area contributed by atoms with Gasteiger partial charge in [0, 0.05) is 11.6 Å². The van der Waals surface area contributed by atoms with Gasteiger partial charge in [0.25, 0.3) is 0 Å². The topological polar surface area (TPSA) is 29.1 Å². The molecule has 0 fully saturated rings. The van der Waals surface area contributed by atoms with Crippen molar-refractivity contribution in [3.05, 3.63) is 30.3 Å². The smallest absolute Gasteiger partial charge is 0.226 e. The van der Waals surface area contributed by atoms with E-state index >= 15 is 0 Å². The molecule has 63 valence electrons. The van der Waals surface area contributed by atoms with Gasteiger partial charge >= 0.3 is 0 Å². The molecule has 1 amide bonds. The molecule has 1 radical (unpaired) electrons. The van der Waals surface area contributed by atoms with Gasteiger partial charge in [0.2, 0.25) is 5.91 Å².